The maximum Gasteiger partial charge on any atom is 0.219 e. The number of aryl methyl sites for hydroxylation is 3. The highest BCUT2D eigenvalue weighted by atomic mass is 16.5. The van der Waals surface area contributed by atoms with Crippen LogP contribution in [0.25, 0.3) is 34.2 Å². The van der Waals surface area contributed by atoms with E-state index in [1.54, 1.807) is 0 Å². The number of benzene rings is 1. The first-order valence-electron chi connectivity index (χ1n) is 11.6. The van der Waals surface area contributed by atoms with Crippen LogP contribution in [0, 0.1) is 6.92 Å². The third-order valence-electron chi connectivity index (χ3n) is 6.81. The molecule has 3 aromatic heterocycles. The Kier molecular flexibility index (Phi) is 4.65. The van der Waals surface area contributed by atoms with Crippen molar-refractivity contribution in [2.75, 3.05) is 6.54 Å². The van der Waals surface area contributed by atoms with E-state index >= 15 is 0 Å². The standard InChI is InChI=1S/C25H29N7O/c1-15-13-32(18-6-7-18)14-24-19(16(2)29-30(24)3)8-10-23-20-11-17(5-9-22(20)27-28-23)21-12-26-31(4)25(21)33-15/h5,8-12,15,18H,6-7,13-14H2,1-4H3,(H,27,28)/b10-8+/t15-/m0/s1. The Balaban J connectivity index is 1.53. The molecule has 33 heavy (non-hydrogen) atoms. The molecule has 2 bridgehead atoms. The number of ether oxygens (including phenoxy) is 1. The van der Waals surface area contributed by atoms with Gasteiger partial charge in [0.05, 0.1) is 34.4 Å². The number of nitrogens with zero attached hydrogens (tertiary/aromatic N) is 6. The first kappa shape index (κ1) is 20.2. The zero-order valence-electron chi connectivity index (χ0n) is 19.5. The van der Waals surface area contributed by atoms with Crippen molar-refractivity contribution in [2.45, 2.75) is 45.4 Å². The van der Waals surface area contributed by atoms with Gasteiger partial charge in [0.1, 0.15) is 6.10 Å². The van der Waals surface area contributed by atoms with Crippen molar-refractivity contribution in [2.24, 2.45) is 14.1 Å². The molecule has 6 rings (SSSR count). The molecule has 1 N–H and O–H groups in total. The molecule has 1 aromatic carbocycles. The Bertz CT molecular complexity index is 1370. The molecule has 4 aromatic rings. The molecule has 1 fully saturated rings. The Hall–Kier alpha value is -3.39. The highest BCUT2D eigenvalue weighted by Gasteiger charge is 2.32. The molecule has 0 radical (unpaired) electrons. The molecular formula is C25H29N7O. The van der Waals surface area contributed by atoms with Crippen LogP contribution < -0.4 is 4.74 Å². The van der Waals surface area contributed by atoms with Crippen molar-refractivity contribution in [1.82, 2.24) is 34.7 Å². The molecule has 1 aliphatic heterocycles. The zero-order chi connectivity index (χ0) is 22.7. The highest BCUT2D eigenvalue weighted by molar-refractivity contribution is 5.93. The molecule has 4 heterocycles. The fourth-order valence-corrected chi connectivity index (χ4v) is 4.91. The molecule has 0 amide bonds. The predicted molar refractivity (Wildman–Crippen MR) is 129 cm³/mol. The summed E-state index contributed by atoms with van der Waals surface area (Å²) in [4.78, 5) is 2.54. The second kappa shape index (κ2) is 7.59. The minimum atomic E-state index is 0.0198. The summed E-state index contributed by atoms with van der Waals surface area (Å²) in [6, 6.07) is 6.91. The van der Waals surface area contributed by atoms with Crippen LogP contribution >= 0.6 is 0 Å². The quantitative estimate of drug-likeness (QED) is 0.483. The summed E-state index contributed by atoms with van der Waals surface area (Å²) in [7, 11) is 3.98. The molecule has 1 saturated carbocycles. The van der Waals surface area contributed by atoms with Crippen molar-refractivity contribution in [3.05, 3.63) is 47.0 Å². The predicted octanol–water partition coefficient (Wildman–Crippen LogP) is 3.92. The topological polar surface area (TPSA) is 76.8 Å². The lowest BCUT2D eigenvalue weighted by Crippen LogP contribution is -2.36. The number of rotatable bonds is 1. The van der Waals surface area contributed by atoms with E-state index in [-0.39, 0.29) is 6.10 Å². The molecule has 0 spiro atoms. The van der Waals surface area contributed by atoms with Crippen molar-refractivity contribution in [3.63, 3.8) is 0 Å². The summed E-state index contributed by atoms with van der Waals surface area (Å²) in [5.74, 6) is 0.796. The number of nitrogens with one attached hydrogen (secondary N) is 1. The van der Waals surface area contributed by atoms with Crippen LogP contribution in [0.2, 0.25) is 0 Å². The minimum absolute atomic E-state index is 0.0198. The van der Waals surface area contributed by atoms with E-state index < -0.39 is 0 Å². The van der Waals surface area contributed by atoms with Crippen molar-refractivity contribution in [3.8, 4) is 17.0 Å². The average Bonchev–Trinajstić information content (AvgIpc) is 3.39. The van der Waals surface area contributed by atoms with E-state index in [0.29, 0.717) is 6.04 Å². The molecule has 1 aliphatic carbocycles. The molecule has 170 valence electrons. The molecule has 0 saturated heterocycles. The highest BCUT2D eigenvalue weighted by Crippen LogP contribution is 2.35. The Morgan fingerprint density at radius 2 is 1.97 bits per heavy atom. The molecule has 1 atom stereocenters. The molecule has 8 heteroatoms. The maximum absolute atomic E-state index is 6.52. The summed E-state index contributed by atoms with van der Waals surface area (Å²) in [6.07, 6.45) is 8.69. The van der Waals surface area contributed by atoms with Gasteiger partial charge in [-0.25, -0.2) is 4.68 Å². The maximum atomic E-state index is 6.52. The molecule has 0 unspecified atom stereocenters. The van der Waals surface area contributed by atoms with Crippen molar-refractivity contribution in [1.29, 1.82) is 0 Å². The Morgan fingerprint density at radius 1 is 1.12 bits per heavy atom. The van der Waals surface area contributed by atoms with Gasteiger partial charge in [-0.15, -0.1) is 0 Å². The van der Waals surface area contributed by atoms with Crippen LogP contribution in [0.15, 0.2) is 24.4 Å². The average molecular weight is 444 g/mol. The summed E-state index contributed by atoms with van der Waals surface area (Å²) < 4.78 is 10.4. The van der Waals surface area contributed by atoms with Gasteiger partial charge in [-0.05, 0) is 56.5 Å². The fourth-order valence-electron chi connectivity index (χ4n) is 4.91. The number of aromatic amines is 1. The Morgan fingerprint density at radius 3 is 2.79 bits per heavy atom. The summed E-state index contributed by atoms with van der Waals surface area (Å²) in [5, 5.41) is 18.0. The SMILES string of the molecule is Cc1nn(C)c2c1/C=C/c1[nH]nc3ccc(cc13)-c1cnn(C)c1O[C@@H](C)CN(C1CC1)C2. The Labute approximate surface area is 192 Å². The normalized spacial score (nSPS) is 20.2. The first-order valence-corrected chi connectivity index (χ1v) is 11.6. The van der Waals surface area contributed by atoms with Gasteiger partial charge < -0.3 is 4.74 Å². The summed E-state index contributed by atoms with van der Waals surface area (Å²) in [6.45, 7) is 5.93. The minimum Gasteiger partial charge on any atom is -0.473 e. The van der Waals surface area contributed by atoms with Crippen LogP contribution in [-0.2, 0) is 20.6 Å². The fraction of sp³-hybridized carbons (Fsp3) is 0.400. The van der Waals surface area contributed by atoms with Crippen LogP contribution in [0.1, 0.15) is 42.4 Å². The molecular weight excluding hydrogens is 414 g/mol. The van der Waals surface area contributed by atoms with E-state index in [1.165, 1.54) is 24.1 Å². The second-order valence-electron chi connectivity index (χ2n) is 9.35. The molecule has 8 nitrogen and oxygen atoms in total. The van der Waals surface area contributed by atoms with Gasteiger partial charge in [-0.3, -0.25) is 14.7 Å². The van der Waals surface area contributed by atoms with E-state index in [4.69, 9.17) is 9.84 Å². The van der Waals surface area contributed by atoms with Gasteiger partial charge in [-0.2, -0.15) is 15.3 Å². The summed E-state index contributed by atoms with van der Waals surface area (Å²) >= 11 is 0. The summed E-state index contributed by atoms with van der Waals surface area (Å²) in [5.41, 5.74) is 7.43. The van der Waals surface area contributed by atoms with Gasteiger partial charge in [0.2, 0.25) is 5.88 Å². The zero-order valence-corrected chi connectivity index (χ0v) is 19.5. The number of aromatic nitrogens is 6. The van der Waals surface area contributed by atoms with Crippen LogP contribution in [0.3, 0.4) is 0 Å². The lowest BCUT2D eigenvalue weighted by atomic mass is 10.0. The van der Waals surface area contributed by atoms with Crippen LogP contribution in [0.5, 0.6) is 5.88 Å². The van der Waals surface area contributed by atoms with Crippen LogP contribution in [0.4, 0.5) is 0 Å². The van der Waals surface area contributed by atoms with Crippen LogP contribution in [-0.4, -0.2) is 53.3 Å². The number of hydrogen-bond donors (Lipinski definition) is 1. The van der Waals surface area contributed by atoms with Crippen molar-refractivity contribution >= 4 is 23.1 Å². The van der Waals surface area contributed by atoms with Gasteiger partial charge in [0.25, 0.3) is 0 Å². The number of hydrogen-bond acceptors (Lipinski definition) is 5. The third-order valence-corrected chi connectivity index (χ3v) is 6.81. The number of fused-ring (bicyclic) bond motifs is 4. The monoisotopic (exact) mass is 443 g/mol. The van der Waals surface area contributed by atoms with E-state index in [1.807, 2.05) is 35.7 Å². The van der Waals surface area contributed by atoms with E-state index in [2.05, 4.69) is 58.3 Å². The first-order chi connectivity index (χ1) is 16.0. The smallest absolute Gasteiger partial charge is 0.219 e. The van der Waals surface area contributed by atoms with Gasteiger partial charge in [-0.1, -0.05) is 6.07 Å². The molecule has 2 aliphatic rings. The van der Waals surface area contributed by atoms with Gasteiger partial charge in [0.15, 0.2) is 0 Å². The largest absolute Gasteiger partial charge is 0.473 e. The van der Waals surface area contributed by atoms with E-state index in [9.17, 15) is 0 Å². The lowest BCUT2D eigenvalue weighted by Gasteiger charge is -2.26. The van der Waals surface area contributed by atoms with E-state index in [0.717, 1.165) is 52.4 Å². The van der Waals surface area contributed by atoms with Gasteiger partial charge >= 0.3 is 0 Å². The second-order valence-corrected chi connectivity index (χ2v) is 9.35. The lowest BCUT2D eigenvalue weighted by molar-refractivity contribution is 0.125. The van der Waals surface area contributed by atoms with Gasteiger partial charge in [0, 0.05) is 44.2 Å². The third kappa shape index (κ3) is 3.54. The van der Waals surface area contributed by atoms with Crippen molar-refractivity contribution < 1.29 is 4.74 Å². The number of H-pyrrole nitrogens is 1.